The van der Waals surface area contributed by atoms with Crippen LogP contribution in [0.4, 0.5) is 0 Å². The molecule has 0 aliphatic rings. The Kier molecular flexibility index (Phi) is 11.1. The Labute approximate surface area is 182 Å². The van der Waals surface area contributed by atoms with E-state index >= 15 is 0 Å². The molecule has 0 bridgehead atoms. The normalized spacial score (nSPS) is 13.5. The zero-order chi connectivity index (χ0) is 19.1. The topological polar surface area (TPSA) is 79.8 Å². The average Bonchev–Trinajstić information content (AvgIpc) is 2.51. The SMILES string of the molecule is CN=C(NCCS(=O)(=O)C(C)(C)C)NCC(C)Oc1ccccc1Br.I. The molecule has 1 unspecified atom stereocenters. The van der Waals surface area contributed by atoms with Crippen molar-refractivity contribution in [3.8, 4) is 5.75 Å². The molecule has 2 N–H and O–H groups in total. The van der Waals surface area contributed by atoms with E-state index in [0.29, 0.717) is 19.0 Å². The number of hydrogen-bond acceptors (Lipinski definition) is 4. The lowest BCUT2D eigenvalue weighted by molar-refractivity contribution is 0.222. The average molecular weight is 562 g/mol. The summed E-state index contributed by atoms with van der Waals surface area (Å²) in [6, 6.07) is 7.66. The lowest BCUT2D eigenvalue weighted by atomic mass is 10.3. The van der Waals surface area contributed by atoms with Crippen LogP contribution >= 0.6 is 39.9 Å². The smallest absolute Gasteiger partial charge is 0.191 e. The number of hydrogen-bond donors (Lipinski definition) is 2. The van der Waals surface area contributed by atoms with Crippen molar-refractivity contribution in [2.45, 2.75) is 38.5 Å². The number of sulfone groups is 1. The molecule has 1 rings (SSSR count). The number of para-hydroxylation sites is 1. The Morgan fingerprint density at radius 3 is 2.42 bits per heavy atom. The quantitative estimate of drug-likeness (QED) is 0.303. The summed E-state index contributed by atoms with van der Waals surface area (Å²) in [6.07, 6.45) is -0.0874. The van der Waals surface area contributed by atoms with Gasteiger partial charge in [-0.15, -0.1) is 24.0 Å². The van der Waals surface area contributed by atoms with Gasteiger partial charge in [-0.1, -0.05) is 12.1 Å². The number of ether oxygens (including phenoxy) is 1. The van der Waals surface area contributed by atoms with Crippen LogP contribution in [0.1, 0.15) is 27.7 Å². The molecule has 0 saturated carbocycles. The number of nitrogens with zero attached hydrogens (tertiary/aromatic N) is 1. The van der Waals surface area contributed by atoms with Gasteiger partial charge in [-0.25, -0.2) is 8.42 Å². The van der Waals surface area contributed by atoms with Crippen molar-refractivity contribution >= 4 is 55.7 Å². The Bertz CT molecular complexity index is 691. The Morgan fingerprint density at radius 1 is 1.27 bits per heavy atom. The van der Waals surface area contributed by atoms with Gasteiger partial charge in [0.15, 0.2) is 15.8 Å². The first kappa shape index (κ1) is 25.4. The highest BCUT2D eigenvalue weighted by molar-refractivity contribution is 14.0. The fraction of sp³-hybridized carbons (Fsp3) is 0.588. The molecule has 0 aliphatic carbocycles. The van der Waals surface area contributed by atoms with Crippen LogP contribution in [-0.2, 0) is 9.84 Å². The van der Waals surface area contributed by atoms with Crippen molar-refractivity contribution in [2.75, 3.05) is 25.9 Å². The molecule has 1 aromatic carbocycles. The number of rotatable bonds is 7. The highest BCUT2D eigenvalue weighted by atomic mass is 127. The number of halogens is 2. The van der Waals surface area contributed by atoms with Crippen molar-refractivity contribution in [1.29, 1.82) is 0 Å². The maximum atomic E-state index is 12.1. The van der Waals surface area contributed by atoms with E-state index in [1.807, 2.05) is 31.2 Å². The lowest BCUT2D eigenvalue weighted by Gasteiger charge is -2.21. The van der Waals surface area contributed by atoms with E-state index in [4.69, 9.17) is 4.74 Å². The molecule has 26 heavy (non-hydrogen) atoms. The molecular formula is C17H29BrIN3O3S. The molecule has 1 aromatic rings. The summed E-state index contributed by atoms with van der Waals surface area (Å²) in [5.74, 6) is 1.38. The second kappa shape index (κ2) is 11.3. The number of nitrogens with one attached hydrogen (secondary N) is 2. The van der Waals surface area contributed by atoms with Crippen LogP contribution in [-0.4, -0.2) is 51.1 Å². The minimum atomic E-state index is -3.15. The van der Waals surface area contributed by atoms with Crippen LogP contribution in [0.15, 0.2) is 33.7 Å². The highest BCUT2D eigenvalue weighted by Gasteiger charge is 2.28. The van der Waals surface area contributed by atoms with E-state index in [9.17, 15) is 8.42 Å². The van der Waals surface area contributed by atoms with Gasteiger partial charge in [0.05, 0.1) is 21.5 Å². The molecule has 0 aliphatic heterocycles. The molecule has 9 heteroatoms. The van der Waals surface area contributed by atoms with Crippen LogP contribution in [0.3, 0.4) is 0 Å². The van der Waals surface area contributed by atoms with Gasteiger partial charge in [-0.3, -0.25) is 4.99 Å². The molecular weight excluding hydrogens is 533 g/mol. The zero-order valence-electron chi connectivity index (χ0n) is 15.9. The van der Waals surface area contributed by atoms with Gasteiger partial charge in [0, 0.05) is 13.6 Å². The molecule has 0 spiro atoms. The summed E-state index contributed by atoms with van der Waals surface area (Å²) in [5.41, 5.74) is 0. The Balaban J connectivity index is 0.00000625. The molecule has 1 atom stereocenters. The molecule has 0 radical (unpaired) electrons. The molecule has 0 fully saturated rings. The fourth-order valence-corrected chi connectivity index (χ4v) is 3.23. The largest absolute Gasteiger partial charge is 0.488 e. The molecule has 150 valence electrons. The summed E-state index contributed by atoms with van der Waals surface area (Å²) >= 11 is 3.45. The Hall–Kier alpha value is -0.550. The first-order valence-corrected chi connectivity index (χ1v) is 10.6. The van der Waals surface area contributed by atoms with Crippen LogP contribution in [0.25, 0.3) is 0 Å². The second-order valence-corrected chi connectivity index (χ2v) is 10.4. The van der Waals surface area contributed by atoms with Crippen molar-refractivity contribution < 1.29 is 13.2 Å². The third-order valence-corrected chi connectivity index (χ3v) is 6.80. The summed E-state index contributed by atoms with van der Waals surface area (Å²) in [7, 11) is -1.51. The standard InChI is InChI=1S/C17H28BrN3O3S.HI/c1-13(24-15-9-7-6-8-14(15)18)12-21-16(19-5)20-10-11-25(22,23)17(2,3)4;/h6-9,13H,10-12H2,1-5H3,(H2,19,20,21);1H. The van der Waals surface area contributed by atoms with E-state index in [1.54, 1.807) is 27.8 Å². The first-order valence-electron chi connectivity index (χ1n) is 8.15. The number of guanidine groups is 1. The van der Waals surface area contributed by atoms with Crippen molar-refractivity contribution in [3.05, 3.63) is 28.7 Å². The molecule has 0 saturated heterocycles. The Morgan fingerprint density at radius 2 is 1.88 bits per heavy atom. The third kappa shape index (κ3) is 8.43. The highest BCUT2D eigenvalue weighted by Crippen LogP contribution is 2.24. The van der Waals surface area contributed by atoms with E-state index in [2.05, 4.69) is 31.6 Å². The maximum absolute atomic E-state index is 12.1. The van der Waals surface area contributed by atoms with Crippen molar-refractivity contribution in [1.82, 2.24) is 10.6 Å². The predicted molar refractivity (Wildman–Crippen MR) is 123 cm³/mol. The molecule has 0 heterocycles. The second-order valence-electron chi connectivity index (χ2n) is 6.67. The van der Waals surface area contributed by atoms with Crippen molar-refractivity contribution in [2.24, 2.45) is 4.99 Å². The van der Waals surface area contributed by atoms with Crippen LogP contribution in [0, 0.1) is 0 Å². The first-order chi connectivity index (χ1) is 11.6. The molecule has 6 nitrogen and oxygen atoms in total. The third-order valence-electron chi connectivity index (χ3n) is 3.54. The summed E-state index contributed by atoms with van der Waals surface area (Å²) in [6.45, 7) is 7.90. The lowest BCUT2D eigenvalue weighted by Crippen LogP contribution is -2.44. The van der Waals surface area contributed by atoms with Crippen LogP contribution in [0.5, 0.6) is 5.75 Å². The molecule has 0 amide bonds. The monoisotopic (exact) mass is 561 g/mol. The van der Waals surface area contributed by atoms with E-state index in [-0.39, 0.29) is 35.8 Å². The van der Waals surface area contributed by atoms with E-state index in [1.165, 1.54) is 0 Å². The maximum Gasteiger partial charge on any atom is 0.191 e. The summed E-state index contributed by atoms with van der Waals surface area (Å²) < 4.78 is 30.2. The zero-order valence-corrected chi connectivity index (χ0v) is 20.6. The van der Waals surface area contributed by atoms with Gasteiger partial charge in [-0.2, -0.15) is 0 Å². The predicted octanol–water partition coefficient (Wildman–Crippen LogP) is 3.21. The van der Waals surface area contributed by atoms with Crippen LogP contribution < -0.4 is 15.4 Å². The van der Waals surface area contributed by atoms with Crippen LogP contribution in [0.2, 0.25) is 0 Å². The fourth-order valence-electron chi connectivity index (χ4n) is 1.87. The van der Waals surface area contributed by atoms with E-state index in [0.717, 1.165) is 10.2 Å². The van der Waals surface area contributed by atoms with Gasteiger partial charge < -0.3 is 15.4 Å². The number of aliphatic imine (C=N–C) groups is 1. The molecule has 0 aromatic heterocycles. The summed E-state index contributed by atoms with van der Waals surface area (Å²) in [4.78, 5) is 4.10. The minimum Gasteiger partial charge on any atom is -0.488 e. The van der Waals surface area contributed by atoms with Crippen molar-refractivity contribution in [3.63, 3.8) is 0 Å². The van der Waals surface area contributed by atoms with Gasteiger partial charge in [0.2, 0.25) is 0 Å². The van der Waals surface area contributed by atoms with Gasteiger partial charge in [-0.05, 0) is 55.8 Å². The minimum absolute atomic E-state index is 0. The van der Waals surface area contributed by atoms with Gasteiger partial charge in [0.25, 0.3) is 0 Å². The van der Waals surface area contributed by atoms with Gasteiger partial charge in [0.1, 0.15) is 11.9 Å². The van der Waals surface area contributed by atoms with E-state index < -0.39 is 14.6 Å². The summed E-state index contributed by atoms with van der Waals surface area (Å²) in [5, 5.41) is 6.16. The number of benzene rings is 1. The van der Waals surface area contributed by atoms with Gasteiger partial charge >= 0.3 is 0 Å².